The maximum absolute atomic E-state index is 13.9. The van der Waals surface area contributed by atoms with Gasteiger partial charge in [0.2, 0.25) is 0 Å². The lowest BCUT2D eigenvalue weighted by molar-refractivity contribution is 0.0112. The van der Waals surface area contributed by atoms with Gasteiger partial charge in [0.05, 0.1) is 56.5 Å². The number of rotatable bonds is 14. The van der Waals surface area contributed by atoms with Gasteiger partial charge in [-0.25, -0.2) is 9.69 Å². The highest BCUT2D eigenvalue weighted by Crippen LogP contribution is 2.44. The molecule has 4 heterocycles. The molecule has 2 radical (unpaired) electrons. The molecule has 0 aliphatic carbocycles. The highest BCUT2D eigenvalue weighted by atomic mass is 32.2. The van der Waals surface area contributed by atoms with E-state index in [0.717, 1.165) is 35.3 Å². The molecule has 288 valence electrons. The van der Waals surface area contributed by atoms with Gasteiger partial charge in [-0.2, -0.15) is 11.8 Å². The Balaban J connectivity index is 1.09. The second-order valence-electron chi connectivity index (χ2n) is 14.2. The average molecular weight is 777 g/mol. The Bertz CT molecular complexity index is 1790. The van der Waals surface area contributed by atoms with Crippen molar-refractivity contribution in [1.82, 2.24) is 9.80 Å². The lowest BCUT2D eigenvalue weighted by Crippen LogP contribution is -2.51. The Morgan fingerprint density at radius 1 is 0.963 bits per heavy atom. The summed E-state index contributed by atoms with van der Waals surface area (Å²) in [6.07, 6.45) is 2.23. The van der Waals surface area contributed by atoms with Gasteiger partial charge in [0.15, 0.2) is 29.2 Å². The van der Waals surface area contributed by atoms with Crippen LogP contribution in [0.2, 0.25) is 0 Å². The molecule has 0 bridgehead atoms. The van der Waals surface area contributed by atoms with E-state index in [1.807, 2.05) is 31.0 Å². The van der Waals surface area contributed by atoms with E-state index in [1.54, 1.807) is 42.0 Å². The van der Waals surface area contributed by atoms with Gasteiger partial charge < -0.3 is 38.8 Å². The molecule has 2 fully saturated rings. The molecule has 2 N–H and O–H groups in total. The summed E-state index contributed by atoms with van der Waals surface area (Å²) in [4.78, 5) is 36.9. The molecular formula is C39H49AlN4O9S. The zero-order chi connectivity index (χ0) is 38.7. The number of thioether (sulfide) groups is 1. The molecule has 0 saturated carbocycles. The summed E-state index contributed by atoms with van der Waals surface area (Å²) >= 11 is 4.36. The van der Waals surface area contributed by atoms with Crippen LogP contribution in [0.4, 0.5) is 16.2 Å². The van der Waals surface area contributed by atoms with Gasteiger partial charge in [0.1, 0.15) is 29.1 Å². The van der Waals surface area contributed by atoms with Crippen molar-refractivity contribution < 1.29 is 43.5 Å². The summed E-state index contributed by atoms with van der Waals surface area (Å²) < 4.78 is 29.5. The van der Waals surface area contributed by atoms with Crippen molar-refractivity contribution in [1.29, 1.82) is 0 Å². The minimum atomic E-state index is -1.36. The number of hydrogen-bond donors (Lipinski definition) is 2. The molecule has 4 aliphatic rings. The number of amides is 2. The molecule has 2 aromatic rings. The Kier molecular flexibility index (Phi) is 12.9. The van der Waals surface area contributed by atoms with E-state index >= 15 is 0 Å². The van der Waals surface area contributed by atoms with Gasteiger partial charge in [0, 0.05) is 42.3 Å². The molecule has 54 heavy (non-hydrogen) atoms. The van der Waals surface area contributed by atoms with E-state index in [1.165, 1.54) is 7.11 Å². The zero-order valence-electron chi connectivity index (χ0n) is 31.4. The van der Waals surface area contributed by atoms with Gasteiger partial charge in [0.25, 0.3) is 5.91 Å². The number of aliphatic imine (C=N–C) groups is 1. The highest BCUT2D eigenvalue weighted by molar-refractivity contribution is 8.01. The summed E-state index contributed by atoms with van der Waals surface area (Å²) in [6.45, 7) is 13.9. The highest BCUT2D eigenvalue weighted by Gasteiger charge is 2.46. The average Bonchev–Trinajstić information content (AvgIpc) is 3.68. The molecule has 2 amide bonds. The van der Waals surface area contributed by atoms with E-state index in [2.05, 4.69) is 34.4 Å². The van der Waals surface area contributed by atoms with E-state index in [-0.39, 0.29) is 45.7 Å². The second-order valence-corrected chi connectivity index (χ2v) is 17.5. The molecule has 2 aromatic carbocycles. The molecule has 2 saturated heterocycles. The molecule has 6 rings (SSSR count). The van der Waals surface area contributed by atoms with Crippen LogP contribution in [0.15, 0.2) is 53.6 Å². The van der Waals surface area contributed by atoms with Gasteiger partial charge >= 0.3 is 6.09 Å². The fourth-order valence-corrected chi connectivity index (χ4v) is 9.04. The summed E-state index contributed by atoms with van der Waals surface area (Å²) in [5.74, 6) is 1.40. The van der Waals surface area contributed by atoms with Crippen LogP contribution in [0.25, 0.3) is 0 Å². The first-order chi connectivity index (χ1) is 25.9. The SMILES string of the molecule is C=C1C[C@H]2[C@H](O)N(C(=O)OC[C@@H](C)S[CH](C)[Al])c3cc(OCCCCCOc4cc5c(cc4OC)C(O)N4CC(=C)C[C@H]4C=N5)c(OC)cc3C(=O)N2C1. The van der Waals surface area contributed by atoms with Crippen LogP contribution >= 0.6 is 11.8 Å². The molecule has 4 aliphatic heterocycles. The fraction of sp³-hybridized carbons (Fsp3) is 0.513. The summed E-state index contributed by atoms with van der Waals surface area (Å²) in [5, 5.41) is 22.7. The van der Waals surface area contributed by atoms with E-state index < -0.39 is 24.6 Å². The number of ether oxygens (including phenoxy) is 5. The van der Waals surface area contributed by atoms with Crippen molar-refractivity contribution in [2.45, 2.75) is 79.9 Å². The first kappa shape index (κ1) is 40.0. The number of hydrogen-bond acceptors (Lipinski definition) is 12. The first-order valence-electron chi connectivity index (χ1n) is 18.3. The molecule has 13 nitrogen and oxygen atoms in total. The van der Waals surface area contributed by atoms with Crippen molar-refractivity contribution in [2.24, 2.45) is 4.99 Å². The van der Waals surface area contributed by atoms with Crippen molar-refractivity contribution in [3.05, 3.63) is 59.7 Å². The number of unbranched alkanes of at least 4 members (excludes halogenated alkanes) is 2. The van der Waals surface area contributed by atoms with Crippen LogP contribution in [0.5, 0.6) is 23.0 Å². The lowest BCUT2D eigenvalue weighted by atomic mass is 10.1. The van der Waals surface area contributed by atoms with Crippen LogP contribution < -0.4 is 23.8 Å². The van der Waals surface area contributed by atoms with Crippen LogP contribution in [0.1, 0.15) is 68.1 Å². The smallest absolute Gasteiger partial charge is 0.416 e. The predicted molar refractivity (Wildman–Crippen MR) is 209 cm³/mol. The molecule has 6 atom stereocenters. The Morgan fingerprint density at radius 2 is 1.63 bits per heavy atom. The number of fused-ring (bicyclic) bond motifs is 4. The number of benzene rings is 2. The van der Waals surface area contributed by atoms with Gasteiger partial charge in [-0.1, -0.05) is 42.3 Å². The van der Waals surface area contributed by atoms with Crippen LogP contribution in [-0.4, -0.2) is 129 Å². The third kappa shape index (κ3) is 8.57. The molecule has 0 aromatic heterocycles. The number of nitrogens with zero attached hydrogens (tertiary/aromatic N) is 4. The number of aliphatic hydroxyl groups is 2. The number of carbonyl (C=O) groups excluding carboxylic acids is 2. The molecular weight excluding hydrogens is 727 g/mol. The normalized spacial score (nSPS) is 23.1. The molecule has 0 spiro atoms. The van der Waals surface area contributed by atoms with Gasteiger partial charge in [-0.3, -0.25) is 14.7 Å². The topological polar surface area (TPSA) is 143 Å². The summed E-state index contributed by atoms with van der Waals surface area (Å²) in [7, 11) is 3.06. The summed E-state index contributed by atoms with van der Waals surface area (Å²) in [5.41, 5.74) is 3.56. The third-order valence-corrected chi connectivity index (χ3v) is 11.4. The Hall–Kier alpha value is -3.71. The van der Waals surface area contributed by atoms with Crippen LogP contribution in [0, 0.1) is 0 Å². The number of anilines is 1. The standard InChI is InChI=1S/C39H49N4O9S.Al/c1-7-53-25(4)22-52-39(47)43-30-18-35(33(49-6)16-28(30)37(45)42-21-24(3)14-31(42)38(43)46)51-12-10-8-9-11-50-34-17-29-27(15-32(34)48-5)36(44)41-20-23(2)13-26(41)19-40-29;/h7,15-19,25-26,31,36,38,44,46H,2-3,8-14,20-22H2,1,4-6H3;/t25-,26+,31+,36?,38+;/m1./s1. The van der Waals surface area contributed by atoms with Crippen LogP contribution in [0.3, 0.4) is 0 Å². The molecule has 2 unspecified atom stereocenters. The van der Waals surface area contributed by atoms with Crippen molar-refractivity contribution in [2.75, 3.05) is 52.0 Å². The second kappa shape index (κ2) is 17.4. The largest absolute Gasteiger partial charge is 0.493 e. The van der Waals surface area contributed by atoms with E-state index in [0.29, 0.717) is 66.8 Å². The predicted octanol–water partition coefficient (Wildman–Crippen LogP) is 5.35. The van der Waals surface area contributed by atoms with Gasteiger partial charge in [-0.15, -0.1) is 0 Å². The Morgan fingerprint density at radius 3 is 2.31 bits per heavy atom. The number of carbonyl (C=O) groups is 2. The lowest BCUT2D eigenvalue weighted by Gasteiger charge is -2.32. The van der Waals surface area contributed by atoms with Crippen molar-refractivity contribution in [3.63, 3.8) is 0 Å². The number of methoxy groups -OCH3 is 2. The van der Waals surface area contributed by atoms with Crippen molar-refractivity contribution in [3.8, 4) is 23.0 Å². The minimum Gasteiger partial charge on any atom is -0.493 e. The maximum atomic E-state index is 13.9. The van der Waals surface area contributed by atoms with Crippen LogP contribution in [-0.2, 0) is 4.74 Å². The minimum absolute atomic E-state index is 0.00156. The van der Waals surface area contributed by atoms with E-state index in [9.17, 15) is 19.8 Å². The van der Waals surface area contributed by atoms with E-state index in [4.69, 9.17) is 23.7 Å². The zero-order valence-corrected chi connectivity index (χ0v) is 33.3. The van der Waals surface area contributed by atoms with Gasteiger partial charge in [-0.05, 0) is 44.2 Å². The third-order valence-electron chi connectivity index (χ3n) is 9.94. The molecule has 15 heteroatoms. The first-order valence-corrected chi connectivity index (χ1v) is 19.9. The fourth-order valence-electron chi connectivity index (χ4n) is 7.35. The monoisotopic (exact) mass is 776 g/mol. The maximum Gasteiger partial charge on any atom is 0.416 e. The Labute approximate surface area is 329 Å². The number of aliphatic hydroxyl groups excluding tert-OH is 2. The van der Waals surface area contributed by atoms with Crippen molar-refractivity contribution >= 4 is 57.6 Å². The summed E-state index contributed by atoms with van der Waals surface area (Å²) in [6, 6.07) is 6.05. The quantitative estimate of drug-likeness (QED) is 0.146.